The lowest BCUT2D eigenvalue weighted by Gasteiger charge is -2.26. The molecule has 1 aliphatic rings. The summed E-state index contributed by atoms with van der Waals surface area (Å²) in [5.74, 6) is -3.41. The number of carboxylic acid groups (broad SMARTS) is 1. The van der Waals surface area contributed by atoms with Crippen molar-refractivity contribution in [2.24, 2.45) is 16.5 Å². The molecule has 5 atom stereocenters. The number of aliphatic hydroxyl groups excluding tert-OH is 1. The third-order valence-corrected chi connectivity index (χ3v) is 5.61. The van der Waals surface area contributed by atoms with Crippen LogP contribution in [0.15, 0.2) is 17.5 Å². The predicted octanol–water partition coefficient (Wildman–Crippen LogP) is -3.32. The van der Waals surface area contributed by atoms with Crippen molar-refractivity contribution in [3.63, 3.8) is 0 Å². The molecule has 1 aromatic rings. The van der Waals surface area contributed by atoms with E-state index in [2.05, 4.69) is 36.2 Å². The van der Waals surface area contributed by atoms with Crippen molar-refractivity contribution >= 4 is 29.7 Å². The maximum absolute atomic E-state index is 13.1. The van der Waals surface area contributed by atoms with Gasteiger partial charge in [-0.1, -0.05) is 0 Å². The molecular weight excluding hydrogens is 474 g/mol. The molecule has 0 bridgehead atoms. The Kier molecular flexibility index (Phi) is 11.1. The fourth-order valence-electron chi connectivity index (χ4n) is 3.69. The highest BCUT2D eigenvalue weighted by Gasteiger charge is 2.33. The summed E-state index contributed by atoms with van der Waals surface area (Å²) in [6.45, 7) is 2.14. The highest BCUT2D eigenvalue weighted by molar-refractivity contribution is 5.94. The van der Waals surface area contributed by atoms with E-state index in [9.17, 15) is 29.4 Å². The van der Waals surface area contributed by atoms with Crippen LogP contribution in [0.5, 0.6) is 0 Å². The van der Waals surface area contributed by atoms with Crippen molar-refractivity contribution < 1.29 is 29.4 Å². The molecule has 2 rings (SSSR count). The van der Waals surface area contributed by atoms with Gasteiger partial charge in [-0.25, -0.2) is 9.78 Å². The van der Waals surface area contributed by atoms with Crippen LogP contribution in [-0.2, 0) is 25.6 Å². The quantitative estimate of drug-likeness (QED) is 0.0685. The minimum absolute atomic E-state index is 0.0191. The summed E-state index contributed by atoms with van der Waals surface area (Å²) in [6, 6.07) is -4.28. The molecule has 15 heteroatoms. The second-order valence-corrected chi connectivity index (χ2v) is 8.57. The van der Waals surface area contributed by atoms with E-state index in [1.165, 1.54) is 19.4 Å². The molecule has 2 heterocycles. The number of aliphatic hydroxyl groups is 1. The Bertz CT molecular complexity index is 911. The molecule has 0 aliphatic carbocycles. The molecule has 1 fully saturated rings. The molecule has 1 saturated heterocycles. The van der Waals surface area contributed by atoms with Gasteiger partial charge in [0.2, 0.25) is 17.7 Å². The molecule has 5 unspecified atom stereocenters. The molecule has 0 saturated carbocycles. The zero-order chi connectivity index (χ0) is 26.7. The normalized spacial score (nSPS) is 18.3. The summed E-state index contributed by atoms with van der Waals surface area (Å²) in [5.41, 5.74) is 11.0. The number of carboxylic acids is 1. The fourth-order valence-corrected chi connectivity index (χ4v) is 3.69. The zero-order valence-electron chi connectivity index (χ0n) is 20.1. The Balaban J connectivity index is 2.07. The summed E-state index contributed by atoms with van der Waals surface area (Å²) in [6.07, 6.45) is 3.37. The van der Waals surface area contributed by atoms with E-state index in [0.717, 1.165) is 6.42 Å². The number of hydrogen-bond donors (Lipinski definition) is 9. The van der Waals surface area contributed by atoms with Gasteiger partial charge in [0.1, 0.15) is 18.1 Å². The van der Waals surface area contributed by atoms with E-state index in [1.807, 2.05) is 0 Å². The minimum atomic E-state index is -1.47. The van der Waals surface area contributed by atoms with Gasteiger partial charge in [0, 0.05) is 24.9 Å². The first-order valence-corrected chi connectivity index (χ1v) is 11.7. The first-order chi connectivity index (χ1) is 17.1. The molecule has 0 radical (unpaired) electrons. The lowest BCUT2D eigenvalue weighted by atomic mass is 10.1. The Morgan fingerprint density at radius 2 is 1.94 bits per heavy atom. The van der Waals surface area contributed by atoms with Gasteiger partial charge in [-0.2, -0.15) is 0 Å². The number of carbonyl (C=O) groups is 4. The topological polar surface area (TPSA) is 250 Å². The number of imidazole rings is 1. The Hall–Kier alpha value is -3.72. The van der Waals surface area contributed by atoms with Crippen molar-refractivity contribution in [3.8, 4) is 0 Å². The van der Waals surface area contributed by atoms with Gasteiger partial charge in [0.05, 0.1) is 18.5 Å². The van der Waals surface area contributed by atoms with E-state index in [0.29, 0.717) is 18.7 Å². The number of aromatic nitrogens is 2. The van der Waals surface area contributed by atoms with Crippen LogP contribution in [0.4, 0.5) is 0 Å². The van der Waals surface area contributed by atoms with Gasteiger partial charge in [0.15, 0.2) is 5.96 Å². The van der Waals surface area contributed by atoms with E-state index >= 15 is 0 Å². The zero-order valence-corrected chi connectivity index (χ0v) is 20.1. The van der Waals surface area contributed by atoms with Crippen molar-refractivity contribution in [3.05, 3.63) is 18.2 Å². The third kappa shape index (κ3) is 9.14. The molecule has 11 N–H and O–H groups in total. The second-order valence-electron chi connectivity index (χ2n) is 8.57. The first kappa shape index (κ1) is 28.5. The molecule has 15 nitrogen and oxygen atoms in total. The largest absolute Gasteiger partial charge is 0.480 e. The summed E-state index contributed by atoms with van der Waals surface area (Å²) < 4.78 is 0. The predicted molar refractivity (Wildman–Crippen MR) is 128 cm³/mol. The average Bonchev–Trinajstić information content (AvgIpc) is 3.52. The number of amides is 3. The van der Waals surface area contributed by atoms with Gasteiger partial charge < -0.3 is 47.9 Å². The number of aromatic amines is 1. The molecule has 1 aliphatic heterocycles. The van der Waals surface area contributed by atoms with E-state index < -0.39 is 48.1 Å². The fraction of sp³-hybridized carbons (Fsp3) is 0.619. The summed E-state index contributed by atoms with van der Waals surface area (Å²) >= 11 is 0. The summed E-state index contributed by atoms with van der Waals surface area (Å²) in [7, 11) is 0. The maximum atomic E-state index is 13.1. The number of rotatable bonds is 14. The van der Waals surface area contributed by atoms with Crippen LogP contribution >= 0.6 is 0 Å². The number of H-pyrrole nitrogens is 1. The van der Waals surface area contributed by atoms with Crippen LogP contribution in [0.3, 0.4) is 0 Å². The van der Waals surface area contributed by atoms with Crippen molar-refractivity contribution in [1.82, 2.24) is 31.2 Å². The highest BCUT2D eigenvalue weighted by atomic mass is 16.4. The van der Waals surface area contributed by atoms with Crippen molar-refractivity contribution in [2.75, 3.05) is 13.1 Å². The van der Waals surface area contributed by atoms with Crippen LogP contribution in [0.25, 0.3) is 0 Å². The number of hydrogen-bond acceptors (Lipinski definition) is 8. The third-order valence-electron chi connectivity index (χ3n) is 5.61. The smallest absolute Gasteiger partial charge is 0.326 e. The van der Waals surface area contributed by atoms with Crippen molar-refractivity contribution in [2.45, 2.75) is 69.3 Å². The Labute approximate surface area is 207 Å². The van der Waals surface area contributed by atoms with Crippen LogP contribution < -0.4 is 32.7 Å². The maximum Gasteiger partial charge on any atom is 0.326 e. The van der Waals surface area contributed by atoms with E-state index in [1.54, 1.807) is 0 Å². The molecule has 1 aromatic heterocycles. The molecular formula is C21H35N9O6. The van der Waals surface area contributed by atoms with Crippen LogP contribution in [-0.4, -0.2) is 93.2 Å². The number of nitrogens with one attached hydrogen (secondary N) is 5. The van der Waals surface area contributed by atoms with E-state index in [-0.39, 0.29) is 37.7 Å². The number of aliphatic carboxylic acids is 1. The second kappa shape index (κ2) is 14.0. The standard InChI is InChI=1S/C21H35N9O6/c1-11(31)16(19(34)28-14(20(35)36)5-3-7-26-21(22)23)30-18(33)15(8-12-9-24-10-27-12)29-17(32)13-4-2-6-25-13/h9-11,13-16,25,31H,2-8H2,1H3,(H,24,27)(H,28,34)(H,29,32)(H,30,33)(H,35,36)(H4,22,23,26). The highest BCUT2D eigenvalue weighted by Crippen LogP contribution is 2.08. The molecule has 200 valence electrons. The number of nitrogens with zero attached hydrogens (tertiary/aromatic N) is 2. The lowest BCUT2D eigenvalue weighted by molar-refractivity contribution is -0.143. The van der Waals surface area contributed by atoms with Gasteiger partial charge in [0.25, 0.3) is 0 Å². The molecule has 0 aromatic carbocycles. The number of guanidine groups is 1. The average molecular weight is 510 g/mol. The monoisotopic (exact) mass is 509 g/mol. The molecule has 0 spiro atoms. The van der Waals surface area contributed by atoms with Gasteiger partial charge in [-0.15, -0.1) is 0 Å². The lowest BCUT2D eigenvalue weighted by Crippen LogP contribution is -2.60. The van der Waals surface area contributed by atoms with Crippen LogP contribution in [0.1, 0.15) is 38.3 Å². The van der Waals surface area contributed by atoms with Gasteiger partial charge >= 0.3 is 5.97 Å². The summed E-state index contributed by atoms with van der Waals surface area (Å²) in [5, 5.41) is 30.1. The van der Waals surface area contributed by atoms with Crippen molar-refractivity contribution in [1.29, 1.82) is 0 Å². The van der Waals surface area contributed by atoms with Crippen LogP contribution in [0.2, 0.25) is 0 Å². The Morgan fingerprint density at radius 3 is 2.50 bits per heavy atom. The number of carbonyl (C=O) groups excluding carboxylic acids is 3. The van der Waals surface area contributed by atoms with Crippen LogP contribution in [0, 0.1) is 0 Å². The first-order valence-electron chi connectivity index (χ1n) is 11.7. The summed E-state index contributed by atoms with van der Waals surface area (Å²) in [4.78, 5) is 60.7. The SMILES string of the molecule is CC(O)C(NC(=O)C(Cc1cnc[nH]1)NC(=O)C1CCCN1)C(=O)NC(CCCN=C(N)N)C(=O)O. The number of aliphatic imine (C=N–C) groups is 1. The minimum Gasteiger partial charge on any atom is -0.480 e. The molecule has 3 amide bonds. The van der Waals surface area contributed by atoms with Gasteiger partial charge in [-0.3, -0.25) is 19.4 Å². The van der Waals surface area contributed by atoms with Gasteiger partial charge in [-0.05, 0) is 39.2 Å². The molecule has 36 heavy (non-hydrogen) atoms. The van der Waals surface area contributed by atoms with E-state index in [4.69, 9.17) is 11.5 Å². The number of nitrogens with two attached hydrogens (primary N) is 2. The Morgan fingerprint density at radius 1 is 1.19 bits per heavy atom.